The molecule has 0 radical (unpaired) electrons. The van der Waals surface area contributed by atoms with Gasteiger partial charge in [-0.05, 0) is 34.2 Å². The van der Waals surface area contributed by atoms with Crippen LogP contribution in [0.5, 0.6) is 0 Å². The number of rotatable bonds is 5. The van der Waals surface area contributed by atoms with E-state index in [0.717, 1.165) is 11.1 Å². The average molecular weight is 413 g/mol. The number of nitrogens with zero attached hydrogens (tertiary/aromatic N) is 2. The summed E-state index contributed by atoms with van der Waals surface area (Å²) in [7, 11) is 0. The van der Waals surface area contributed by atoms with Crippen LogP contribution in [0, 0.1) is 22.0 Å². The summed E-state index contributed by atoms with van der Waals surface area (Å²) in [5, 5.41) is 13.6. The van der Waals surface area contributed by atoms with Crippen LogP contribution in [-0.2, 0) is 4.74 Å². The van der Waals surface area contributed by atoms with Gasteiger partial charge in [0.05, 0.1) is 4.92 Å². The van der Waals surface area contributed by atoms with Crippen LogP contribution in [0.4, 0.5) is 10.5 Å². The molecule has 1 heterocycles. The number of ether oxygens (including phenoxy) is 1. The van der Waals surface area contributed by atoms with Crippen LogP contribution in [0.1, 0.15) is 29.2 Å². The molecular weight excluding hydrogens is 394 g/mol. The van der Waals surface area contributed by atoms with E-state index in [-0.39, 0.29) is 30.5 Å². The number of pyridine rings is 1. The SMILES string of the molecule is O=C(NCCC#Cc1ncccc1[N+](=O)[O-])OCC1c2ccccc2-c2ccccc21. The fraction of sp³-hybridized carbons (Fsp3) is 0.167. The lowest BCUT2D eigenvalue weighted by Crippen LogP contribution is -2.26. The number of fused-ring (bicyclic) bond motifs is 3. The number of alkyl carbamates (subject to hydrolysis) is 1. The Morgan fingerprint density at radius 1 is 1.06 bits per heavy atom. The Balaban J connectivity index is 1.30. The van der Waals surface area contributed by atoms with Crippen LogP contribution in [0.2, 0.25) is 0 Å². The van der Waals surface area contributed by atoms with E-state index in [2.05, 4.69) is 46.4 Å². The smallest absolute Gasteiger partial charge is 0.407 e. The molecule has 1 aliphatic rings. The molecule has 0 saturated carbocycles. The molecule has 154 valence electrons. The zero-order valence-corrected chi connectivity index (χ0v) is 16.6. The number of nitro groups is 1. The lowest BCUT2D eigenvalue weighted by atomic mass is 9.98. The quantitative estimate of drug-likeness (QED) is 0.292. The van der Waals surface area contributed by atoms with Crippen molar-refractivity contribution in [3.63, 3.8) is 0 Å². The van der Waals surface area contributed by atoms with Gasteiger partial charge in [0.15, 0.2) is 5.69 Å². The molecule has 0 unspecified atom stereocenters. The van der Waals surface area contributed by atoms with Gasteiger partial charge in [-0.2, -0.15) is 0 Å². The number of amides is 1. The molecule has 2 aromatic carbocycles. The second-order valence-corrected chi connectivity index (χ2v) is 6.93. The summed E-state index contributed by atoms with van der Waals surface area (Å²) in [5.74, 6) is 5.46. The molecule has 0 spiro atoms. The summed E-state index contributed by atoms with van der Waals surface area (Å²) in [4.78, 5) is 26.5. The number of nitrogens with one attached hydrogen (secondary N) is 1. The zero-order chi connectivity index (χ0) is 21.6. The molecule has 7 nitrogen and oxygen atoms in total. The minimum absolute atomic E-state index is 0.00245. The van der Waals surface area contributed by atoms with E-state index < -0.39 is 11.0 Å². The summed E-state index contributed by atoms with van der Waals surface area (Å²) < 4.78 is 5.46. The highest BCUT2D eigenvalue weighted by atomic mass is 16.6. The topological polar surface area (TPSA) is 94.4 Å². The van der Waals surface area contributed by atoms with Crippen LogP contribution < -0.4 is 5.32 Å². The van der Waals surface area contributed by atoms with E-state index in [1.165, 1.54) is 29.5 Å². The van der Waals surface area contributed by atoms with Gasteiger partial charge in [-0.3, -0.25) is 10.1 Å². The molecule has 0 aliphatic heterocycles. The maximum Gasteiger partial charge on any atom is 0.407 e. The van der Waals surface area contributed by atoms with Crippen molar-refractivity contribution in [2.75, 3.05) is 13.2 Å². The van der Waals surface area contributed by atoms with Crippen molar-refractivity contribution in [3.8, 4) is 23.0 Å². The standard InChI is InChI=1S/C24H19N3O4/c28-24(26-14-6-5-12-22-23(27(29)30)13-7-15-25-22)31-16-21-19-10-3-1-8-17(19)18-9-2-4-11-20(18)21/h1-4,7-11,13,15,21H,6,14,16H2,(H,26,28). The molecule has 1 aliphatic carbocycles. The third-order valence-corrected chi connectivity index (χ3v) is 5.05. The highest BCUT2D eigenvalue weighted by Gasteiger charge is 2.28. The Labute approximate surface area is 179 Å². The summed E-state index contributed by atoms with van der Waals surface area (Å²) >= 11 is 0. The summed E-state index contributed by atoms with van der Waals surface area (Å²) in [6.45, 7) is 0.510. The van der Waals surface area contributed by atoms with Crippen molar-refractivity contribution in [2.45, 2.75) is 12.3 Å². The molecule has 1 N–H and O–H groups in total. The van der Waals surface area contributed by atoms with Crippen molar-refractivity contribution >= 4 is 11.8 Å². The summed E-state index contributed by atoms with van der Waals surface area (Å²) in [6.07, 6.45) is 1.25. The van der Waals surface area contributed by atoms with E-state index in [1.54, 1.807) is 0 Å². The molecule has 3 aromatic rings. The van der Waals surface area contributed by atoms with Gasteiger partial charge in [0, 0.05) is 31.1 Å². The van der Waals surface area contributed by atoms with Gasteiger partial charge >= 0.3 is 11.8 Å². The first-order valence-corrected chi connectivity index (χ1v) is 9.82. The molecule has 31 heavy (non-hydrogen) atoms. The lowest BCUT2D eigenvalue weighted by molar-refractivity contribution is -0.385. The number of carbonyl (C=O) groups excluding carboxylic acids is 1. The number of benzene rings is 2. The van der Waals surface area contributed by atoms with Crippen molar-refractivity contribution < 1.29 is 14.5 Å². The summed E-state index contributed by atoms with van der Waals surface area (Å²) in [5.41, 5.74) is 4.61. The van der Waals surface area contributed by atoms with Crippen molar-refractivity contribution in [2.24, 2.45) is 0 Å². The van der Waals surface area contributed by atoms with Gasteiger partial charge in [0.1, 0.15) is 6.61 Å². The van der Waals surface area contributed by atoms with Crippen LogP contribution in [0.25, 0.3) is 11.1 Å². The maximum atomic E-state index is 12.1. The first-order valence-electron chi connectivity index (χ1n) is 9.82. The van der Waals surface area contributed by atoms with Crippen molar-refractivity contribution in [3.05, 3.63) is 93.8 Å². The third kappa shape index (κ3) is 4.38. The van der Waals surface area contributed by atoms with Gasteiger partial charge in [-0.1, -0.05) is 54.5 Å². The fourth-order valence-electron chi connectivity index (χ4n) is 3.66. The molecule has 0 atom stereocenters. The normalized spacial score (nSPS) is 11.6. The molecule has 0 fully saturated rings. The van der Waals surface area contributed by atoms with Crippen LogP contribution in [0.3, 0.4) is 0 Å². The first kappa shape index (κ1) is 20.1. The molecule has 4 rings (SSSR count). The number of aromatic nitrogens is 1. The van der Waals surface area contributed by atoms with E-state index in [0.29, 0.717) is 6.42 Å². The number of hydrogen-bond acceptors (Lipinski definition) is 5. The van der Waals surface area contributed by atoms with Gasteiger partial charge < -0.3 is 10.1 Å². The van der Waals surface area contributed by atoms with Crippen molar-refractivity contribution in [1.82, 2.24) is 10.3 Å². The van der Waals surface area contributed by atoms with Crippen LogP contribution >= 0.6 is 0 Å². The van der Waals surface area contributed by atoms with E-state index in [9.17, 15) is 14.9 Å². The van der Waals surface area contributed by atoms with Gasteiger partial charge in [-0.25, -0.2) is 9.78 Å². The highest BCUT2D eigenvalue weighted by Crippen LogP contribution is 2.44. The molecule has 0 saturated heterocycles. The Hall–Kier alpha value is -4.18. The van der Waals surface area contributed by atoms with Gasteiger partial charge in [-0.15, -0.1) is 0 Å². The minimum atomic E-state index is -0.522. The van der Waals surface area contributed by atoms with Gasteiger partial charge in [0.25, 0.3) is 0 Å². The third-order valence-electron chi connectivity index (χ3n) is 5.05. The summed E-state index contributed by atoms with van der Waals surface area (Å²) in [6, 6.07) is 19.1. The second kappa shape index (κ2) is 9.09. The van der Waals surface area contributed by atoms with Crippen molar-refractivity contribution in [1.29, 1.82) is 0 Å². The molecule has 1 amide bonds. The Bertz CT molecular complexity index is 1150. The predicted octanol–water partition coefficient (Wildman–Crippen LogP) is 4.27. The fourth-order valence-corrected chi connectivity index (χ4v) is 3.66. The largest absolute Gasteiger partial charge is 0.449 e. The van der Waals surface area contributed by atoms with E-state index in [1.807, 2.05) is 24.3 Å². The van der Waals surface area contributed by atoms with E-state index in [4.69, 9.17) is 4.74 Å². The highest BCUT2D eigenvalue weighted by molar-refractivity contribution is 5.79. The molecule has 0 bridgehead atoms. The van der Waals surface area contributed by atoms with Gasteiger partial charge in [0.2, 0.25) is 0 Å². The van der Waals surface area contributed by atoms with Crippen LogP contribution in [-0.4, -0.2) is 29.2 Å². The maximum absolute atomic E-state index is 12.1. The predicted molar refractivity (Wildman–Crippen MR) is 115 cm³/mol. The molecule has 7 heteroatoms. The minimum Gasteiger partial charge on any atom is -0.449 e. The number of carbonyl (C=O) groups is 1. The molecular formula is C24H19N3O4. The zero-order valence-electron chi connectivity index (χ0n) is 16.6. The Morgan fingerprint density at radius 2 is 1.74 bits per heavy atom. The van der Waals surface area contributed by atoms with Crippen LogP contribution in [0.15, 0.2) is 66.9 Å². The number of hydrogen-bond donors (Lipinski definition) is 1. The Kier molecular flexibility index (Phi) is 5.90. The second-order valence-electron chi connectivity index (χ2n) is 6.93. The first-order chi connectivity index (χ1) is 15.1. The Morgan fingerprint density at radius 3 is 2.42 bits per heavy atom. The molecule has 1 aromatic heterocycles. The average Bonchev–Trinajstić information content (AvgIpc) is 3.11. The van der Waals surface area contributed by atoms with E-state index >= 15 is 0 Å². The monoisotopic (exact) mass is 413 g/mol. The lowest BCUT2D eigenvalue weighted by Gasteiger charge is -2.14.